The molecule has 0 spiro atoms. The van der Waals surface area contributed by atoms with E-state index in [1.165, 1.54) is 37.1 Å². The molecule has 1 N–H and O–H groups in total. The molecule has 0 bridgehead atoms. The summed E-state index contributed by atoms with van der Waals surface area (Å²) in [4.78, 5) is 26.3. The number of hydrogen-bond acceptors (Lipinski definition) is 3. The van der Waals surface area contributed by atoms with Crippen molar-refractivity contribution in [3.63, 3.8) is 0 Å². The minimum absolute atomic E-state index is 0.109. The number of benzene rings is 1. The third kappa shape index (κ3) is 5.71. The van der Waals surface area contributed by atoms with E-state index in [1.807, 2.05) is 0 Å². The first-order valence-electron chi connectivity index (χ1n) is 8.75. The number of carbonyl (C=O) groups is 2. The summed E-state index contributed by atoms with van der Waals surface area (Å²) in [6.07, 6.45) is 2.74. The first kappa shape index (κ1) is 18.6. The molecule has 0 aromatic heterocycles. The fourth-order valence-electron chi connectivity index (χ4n) is 2.96. The van der Waals surface area contributed by atoms with E-state index in [0.29, 0.717) is 18.2 Å². The van der Waals surface area contributed by atoms with Crippen LogP contribution < -0.4 is 5.32 Å². The van der Waals surface area contributed by atoms with E-state index in [0.717, 1.165) is 19.0 Å². The monoisotopic (exact) mass is 334 g/mol. The van der Waals surface area contributed by atoms with Gasteiger partial charge in [-0.05, 0) is 63.0 Å². The Morgan fingerprint density at radius 3 is 2.46 bits per heavy atom. The highest BCUT2D eigenvalue weighted by Crippen LogP contribution is 2.17. The quantitative estimate of drug-likeness (QED) is 0.780. The molecule has 0 aliphatic carbocycles. The van der Waals surface area contributed by atoms with Gasteiger partial charge in [0, 0.05) is 31.0 Å². The van der Waals surface area contributed by atoms with E-state index >= 15 is 0 Å². The van der Waals surface area contributed by atoms with E-state index in [-0.39, 0.29) is 30.3 Å². The molecule has 1 unspecified atom stereocenters. The van der Waals surface area contributed by atoms with Gasteiger partial charge in [0.1, 0.15) is 5.82 Å². The minimum Gasteiger partial charge on any atom is -0.355 e. The summed E-state index contributed by atoms with van der Waals surface area (Å²) < 4.78 is 12.8. The van der Waals surface area contributed by atoms with Crippen molar-refractivity contribution in [3.8, 4) is 0 Å². The van der Waals surface area contributed by atoms with Crippen LogP contribution >= 0.6 is 0 Å². The smallest absolute Gasteiger partial charge is 0.220 e. The Bertz CT molecular complexity index is 551. The van der Waals surface area contributed by atoms with Crippen LogP contribution in [0.15, 0.2) is 24.3 Å². The number of hydrogen-bond donors (Lipinski definition) is 1. The summed E-state index contributed by atoms with van der Waals surface area (Å²) >= 11 is 0. The highest BCUT2D eigenvalue weighted by atomic mass is 19.1. The summed E-state index contributed by atoms with van der Waals surface area (Å²) in [6.45, 7) is 7.18. The van der Waals surface area contributed by atoms with Crippen molar-refractivity contribution in [2.75, 3.05) is 19.6 Å². The molecular formula is C19H27FN2O2. The second kappa shape index (κ2) is 8.92. The number of ketones is 1. The molecule has 1 amide bonds. The molecule has 5 heteroatoms. The Morgan fingerprint density at radius 1 is 1.21 bits per heavy atom. The molecule has 4 nitrogen and oxygen atoms in total. The minimum atomic E-state index is -0.370. The molecule has 0 saturated carbocycles. The zero-order valence-electron chi connectivity index (χ0n) is 14.6. The second-order valence-corrected chi connectivity index (χ2v) is 6.80. The molecule has 1 aromatic rings. The average Bonchev–Trinajstić information content (AvgIpc) is 2.58. The summed E-state index contributed by atoms with van der Waals surface area (Å²) in [5.41, 5.74) is 0.444. The highest BCUT2D eigenvalue weighted by molar-refractivity contribution is 5.97. The number of amides is 1. The first-order valence-corrected chi connectivity index (χ1v) is 8.75. The predicted octanol–water partition coefficient (Wildman–Crippen LogP) is 3.03. The normalized spacial score (nSPS) is 17.5. The second-order valence-electron chi connectivity index (χ2n) is 6.80. The van der Waals surface area contributed by atoms with Gasteiger partial charge in [0.05, 0.1) is 0 Å². The Balaban J connectivity index is 1.67. The lowest BCUT2D eigenvalue weighted by molar-refractivity contribution is -0.121. The number of halogens is 1. The Hall–Kier alpha value is -1.75. The maximum atomic E-state index is 12.8. The van der Waals surface area contributed by atoms with Crippen LogP contribution in [0.5, 0.6) is 0 Å². The lowest BCUT2D eigenvalue weighted by atomic mass is 9.98. The summed E-state index contributed by atoms with van der Waals surface area (Å²) in [5.74, 6) is 0.178. The molecular weight excluding hydrogens is 307 g/mol. The largest absolute Gasteiger partial charge is 0.355 e. The summed E-state index contributed by atoms with van der Waals surface area (Å²) in [7, 11) is 0. The van der Waals surface area contributed by atoms with Crippen LogP contribution in [0.2, 0.25) is 0 Å². The van der Waals surface area contributed by atoms with Gasteiger partial charge in [-0.15, -0.1) is 0 Å². The first-order chi connectivity index (χ1) is 11.5. The third-order valence-corrected chi connectivity index (χ3v) is 4.78. The van der Waals surface area contributed by atoms with E-state index in [9.17, 15) is 14.0 Å². The average molecular weight is 334 g/mol. The number of rotatable bonds is 7. The van der Waals surface area contributed by atoms with Crippen molar-refractivity contribution < 1.29 is 14.0 Å². The molecule has 0 radical (unpaired) electrons. The van der Waals surface area contributed by atoms with Crippen molar-refractivity contribution in [1.29, 1.82) is 0 Å². The third-order valence-electron chi connectivity index (χ3n) is 4.78. The fraction of sp³-hybridized carbons (Fsp3) is 0.579. The molecule has 1 aliphatic heterocycles. The van der Waals surface area contributed by atoms with Crippen LogP contribution in [-0.4, -0.2) is 42.3 Å². The van der Waals surface area contributed by atoms with Crippen LogP contribution in [0.1, 0.15) is 49.9 Å². The van der Waals surface area contributed by atoms with Gasteiger partial charge in [0.2, 0.25) is 5.91 Å². The Morgan fingerprint density at radius 2 is 1.83 bits per heavy atom. The number of nitrogens with one attached hydrogen (secondary N) is 1. The zero-order chi connectivity index (χ0) is 17.5. The van der Waals surface area contributed by atoms with Crippen LogP contribution in [-0.2, 0) is 4.79 Å². The van der Waals surface area contributed by atoms with E-state index in [2.05, 4.69) is 24.1 Å². The van der Waals surface area contributed by atoms with Crippen molar-refractivity contribution in [2.24, 2.45) is 5.92 Å². The maximum Gasteiger partial charge on any atom is 0.220 e. The molecule has 132 valence electrons. The van der Waals surface area contributed by atoms with Gasteiger partial charge in [-0.3, -0.25) is 14.5 Å². The summed E-state index contributed by atoms with van der Waals surface area (Å²) in [6, 6.07) is 5.74. The number of piperidine rings is 1. The Labute approximate surface area is 143 Å². The van der Waals surface area contributed by atoms with Gasteiger partial charge in [-0.2, -0.15) is 0 Å². The van der Waals surface area contributed by atoms with Crippen LogP contribution in [0.25, 0.3) is 0 Å². The SMILES string of the molecule is CC1CCN(C(C)CNC(=O)CCC(=O)c2ccc(F)cc2)CC1. The number of carbonyl (C=O) groups excluding carboxylic acids is 2. The standard InChI is InChI=1S/C19H27FN2O2/c1-14-9-11-22(12-10-14)15(2)13-21-19(24)8-7-18(23)16-3-5-17(20)6-4-16/h3-6,14-15H,7-13H2,1-2H3,(H,21,24). The van der Waals surface area contributed by atoms with E-state index in [4.69, 9.17) is 0 Å². The molecule has 1 atom stereocenters. The van der Waals surface area contributed by atoms with Gasteiger partial charge in [0.15, 0.2) is 5.78 Å². The lowest BCUT2D eigenvalue weighted by Crippen LogP contribution is -2.45. The highest BCUT2D eigenvalue weighted by Gasteiger charge is 2.20. The predicted molar refractivity (Wildman–Crippen MR) is 92.4 cm³/mol. The lowest BCUT2D eigenvalue weighted by Gasteiger charge is -2.35. The number of nitrogens with zero attached hydrogens (tertiary/aromatic N) is 1. The van der Waals surface area contributed by atoms with Crippen molar-refractivity contribution in [1.82, 2.24) is 10.2 Å². The van der Waals surface area contributed by atoms with Gasteiger partial charge in [-0.25, -0.2) is 4.39 Å². The fourth-order valence-corrected chi connectivity index (χ4v) is 2.96. The number of Topliss-reactive ketones (excluding diaryl/α,β-unsaturated/α-hetero) is 1. The van der Waals surface area contributed by atoms with E-state index in [1.54, 1.807) is 0 Å². The van der Waals surface area contributed by atoms with Crippen LogP contribution in [0, 0.1) is 11.7 Å². The van der Waals surface area contributed by atoms with Gasteiger partial charge in [0.25, 0.3) is 0 Å². The van der Waals surface area contributed by atoms with Gasteiger partial charge < -0.3 is 5.32 Å². The number of likely N-dealkylation sites (tertiary alicyclic amines) is 1. The van der Waals surface area contributed by atoms with Crippen molar-refractivity contribution in [2.45, 2.75) is 45.6 Å². The van der Waals surface area contributed by atoms with Crippen LogP contribution in [0.3, 0.4) is 0 Å². The summed E-state index contributed by atoms with van der Waals surface area (Å²) in [5, 5.41) is 2.91. The molecule has 1 aliphatic rings. The molecule has 1 saturated heterocycles. The van der Waals surface area contributed by atoms with Gasteiger partial charge in [-0.1, -0.05) is 6.92 Å². The van der Waals surface area contributed by atoms with E-state index < -0.39 is 0 Å². The van der Waals surface area contributed by atoms with Crippen molar-refractivity contribution >= 4 is 11.7 Å². The zero-order valence-corrected chi connectivity index (χ0v) is 14.6. The van der Waals surface area contributed by atoms with Crippen molar-refractivity contribution in [3.05, 3.63) is 35.6 Å². The molecule has 1 heterocycles. The maximum absolute atomic E-state index is 12.8. The molecule has 1 aromatic carbocycles. The molecule has 2 rings (SSSR count). The van der Waals surface area contributed by atoms with Gasteiger partial charge >= 0.3 is 0 Å². The molecule has 1 fully saturated rings. The van der Waals surface area contributed by atoms with Crippen LogP contribution in [0.4, 0.5) is 4.39 Å². The topological polar surface area (TPSA) is 49.4 Å². The molecule has 24 heavy (non-hydrogen) atoms. The Kier molecular flexibility index (Phi) is 6.91.